The predicted octanol–water partition coefficient (Wildman–Crippen LogP) is 4.08. The molecule has 0 N–H and O–H groups in total. The van der Waals surface area contributed by atoms with Crippen LogP contribution in [0.4, 0.5) is 5.69 Å². The van der Waals surface area contributed by atoms with Crippen molar-refractivity contribution >= 4 is 17.7 Å². The number of carbonyl (C=O) groups is 1. The van der Waals surface area contributed by atoms with Gasteiger partial charge < -0.3 is 19.3 Å². The maximum Gasteiger partial charge on any atom is 0.246 e. The highest BCUT2D eigenvalue weighted by Crippen LogP contribution is 2.35. The van der Waals surface area contributed by atoms with Crippen molar-refractivity contribution in [1.29, 1.82) is 0 Å². The van der Waals surface area contributed by atoms with Crippen molar-refractivity contribution in [1.82, 2.24) is 4.90 Å². The first-order chi connectivity index (χ1) is 14.5. The van der Waals surface area contributed by atoms with Gasteiger partial charge in [0.25, 0.3) is 0 Å². The van der Waals surface area contributed by atoms with E-state index in [0.29, 0.717) is 6.61 Å². The van der Waals surface area contributed by atoms with Gasteiger partial charge in [-0.2, -0.15) is 0 Å². The maximum atomic E-state index is 12.8. The standard InChI is InChI=1S/C25H30N2O3/c1-4-29-23-17-21-15-19(3)30-24(21)16-20(23)9-10-25(28)27-13-11-26(12-14-27)22-8-6-5-7-18(22)2/h5-10,16-17,19H,4,11-15H2,1-3H3/b10-9+/t19-/m0/s1. The van der Waals surface area contributed by atoms with Gasteiger partial charge in [0.15, 0.2) is 0 Å². The lowest BCUT2D eigenvalue weighted by Crippen LogP contribution is -2.48. The summed E-state index contributed by atoms with van der Waals surface area (Å²) in [6, 6.07) is 12.5. The van der Waals surface area contributed by atoms with Gasteiger partial charge in [0, 0.05) is 55.5 Å². The molecule has 0 unspecified atom stereocenters. The molecule has 1 fully saturated rings. The SMILES string of the molecule is CCOc1cc2c(cc1/C=C/C(=O)N1CCN(c3ccccc3C)CC1)O[C@@H](C)C2. The number of hydrogen-bond acceptors (Lipinski definition) is 4. The zero-order valence-corrected chi connectivity index (χ0v) is 18.1. The predicted molar refractivity (Wildman–Crippen MR) is 120 cm³/mol. The van der Waals surface area contributed by atoms with Gasteiger partial charge in [0.1, 0.15) is 17.6 Å². The zero-order chi connectivity index (χ0) is 21.1. The highest BCUT2D eigenvalue weighted by molar-refractivity contribution is 5.92. The summed E-state index contributed by atoms with van der Waals surface area (Å²) >= 11 is 0. The number of benzene rings is 2. The number of carbonyl (C=O) groups excluding carboxylic acids is 1. The van der Waals surface area contributed by atoms with Crippen LogP contribution < -0.4 is 14.4 Å². The maximum absolute atomic E-state index is 12.8. The van der Waals surface area contributed by atoms with Gasteiger partial charge in [0.05, 0.1) is 6.61 Å². The number of fused-ring (bicyclic) bond motifs is 1. The van der Waals surface area contributed by atoms with Crippen molar-refractivity contribution in [3.8, 4) is 11.5 Å². The van der Waals surface area contributed by atoms with Crippen LogP contribution >= 0.6 is 0 Å². The summed E-state index contributed by atoms with van der Waals surface area (Å²) in [5, 5.41) is 0. The number of rotatable bonds is 5. The van der Waals surface area contributed by atoms with Gasteiger partial charge in [-0.15, -0.1) is 0 Å². The Labute approximate surface area is 178 Å². The molecule has 0 aliphatic carbocycles. The molecule has 5 nitrogen and oxygen atoms in total. The highest BCUT2D eigenvalue weighted by atomic mass is 16.5. The average molecular weight is 407 g/mol. The van der Waals surface area contributed by atoms with E-state index in [2.05, 4.69) is 43.0 Å². The first kappa shape index (κ1) is 20.3. The monoisotopic (exact) mass is 406 g/mol. The number of hydrogen-bond donors (Lipinski definition) is 0. The van der Waals surface area contributed by atoms with Crippen molar-refractivity contribution in [3.63, 3.8) is 0 Å². The minimum absolute atomic E-state index is 0.0386. The lowest BCUT2D eigenvalue weighted by molar-refractivity contribution is -0.126. The van der Waals surface area contributed by atoms with E-state index in [9.17, 15) is 4.79 Å². The largest absolute Gasteiger partial charge is 0.493 e. The summed E-state index contributed by atoms with van der Waals surface area (Å²) in [5.41, 5.74) is 4.58. The van der Waals surface area contributed by atoms with Crippen LogP contribution in [0.5, 0.6) is 11.5 Å². The molecule has 2 aromatic carbocycles. The third kappa shape index (κ3) is 4.30. The first-order valence-corrected chi connectivity index (χ1v) is 10.8. The van der Waals surface area contributed by atoms with Gasteiger partial charge in [-0.3, -0.25) is 4.79 Å². The minimum atomic E-state index is 0.0386. The third-order valence-electron chi connectivity index (χ3n) is 5.78. The van der Waals surface area contributed by atoms with Crippen molar-refractivity contribution in [2.45, 2.75) is 33.3 Å². The molecule has 1 atom stereocenters. The molecule has 0 bridgehead atoms. The van der Waals surface area contributed by atoms with Crippen molar-refractivity contribution < 1.29 is 14.3 Å². The molecule has 1 saturated heterocycles. The highest BCUT2D eigenvalue weighted by Gasteiger charge is 2.23. The molecule has 158 valence electrons. The van der Waals surface area contributed by atoms with Crippen molar-refractivity contribution in [2.75, 3.05) is 37.7 Å². The topological polar surface area (TPSA) is 42.0 Å². The van der Waals surface area contributed by atoms with E-state index in [0.717, 1.165) is 49.7 Å². The number of nitrogens with zero attached hydrogens (tertiary/aromatic N) is 2. The number of piperazine rings is 1. The number of para-hydroxylation sites is 1. The Morgan fingerprint density at radius 2 is 1.97 bits per heavy atom. The molecule has 5 heteroatoms. The Balaban J connectivity index is 1.42. The zero-order valence-electron chi connectivity index (χ0n) is 18.1. The van der Waals surface area contributed by atoms with Gasteiger partial charge in [0.2, 0.25) is 5.91 Å². The van der Waals surface area contributed by atoms with Crippen LogP contribution in [0.15, 0.2) is 42.5 Å². The van der Waals surface area contributed by atoms with Crippen LogP contribution in [0.2, 0.25) is 0 Å². The number of anilines is 1. The average Bonchev–Trinajstić information content (AvgIpc) is 3.11. The summed E-state index contributed by atoms with van der Waals surface area (Å²) < 4.78 is 11.7. The van der Waals surface area contributed by atoms with Gasteiger partial charge in [-0.05, 0) is 50.6 Å². The first-order valence-electron chi connectivity index (χ1n) is 10.8. The smallest absolute Gasteiger partial charge is 0.246 e. The summed E-state index contributed by atoms with van der Waals surface area (Å²) in [5.74, 6) is 1.74. The number of ether oxygens (including phenoxy) is 2. The van der Waals surface area contributed by atoms with Crippen LogP contribution in [-0.2, 0) is 11.2 Å². The summed E-state index contributed by atoms with van der Waals surface area (Å²) in [6.07, 6.45) is 4.59. The molecule has 0 spiro atoms. The molecular weight excluding hydrogens is 376 g/mol. The quantitative estimate of drug-likeness (QED) is 0.702. The van der Waals surface area contributed by atoms with Crippen LogP contribution in [0.25, 0.3) is 6.08 Å². The molecule has 1 amide bonds. The fraction of sp³-hybridized carbons (Fsp3) is 0.400. The van der Waals surface area contributed by atoms with Crippen molar-refractivity contribution in [3.05, 3.63) is 59.2 Å². The molecule has 4 rings (SSSR count). The lowest BCUT2D eigenvalue weighted by Gasteiger charge is -2.36. The summed E-state index contributed by atoms with van der Waals surface area (Å²) in [4.78, 5) is 17.1. The molecule has 2 aliphatic heterocycles. The van der Waals surface area contributed by atoms with Crippen LogP contribution in [-0.4, -0.2) is 49.7 Å². The molecule has 0 radical (unpaired) electrons. The van der Waals surface area contributed by atoms with E-state index < -0.39 is 0 Å². The molecular formula is C25H30N2O3. The van der Waals surface area contributed by atoms with E-state index in [1.807, 2.05) is 30.0 Å². The third-order valence-corrected chi connectivity index (χ3v) is 5.78. The molecule has 2 heterocycles. The normalized spacial score (nSPS) is 18.4. The Kier molecular flexibility index (Phi) is 5.98. The molecule has 0 aromatic heterocycles. The van der Waals surface area contributed by atoms with E-state index in [1.165, 1.54) is 16.8 Å². The number of amides is 1. The van der Waals surface area contributed by atoms with E-state index >= 15 is 0 Å². The lowest BCUT2D eigenvalue weighted by atomic mass is 10.1. The second-order valence-corrected chi connectivity index (χ2v) is 8.00. The van der Waals surface area contributed by atoms with Gasteiger partial charge >= 0.3 is 0 Å². The second kappa shape index (κ2) is 8.82. The van der Waals surface area contributed by atoms with E-state index in [4.69, 9.17) is 9.47 Å². The van der Waals surface area contributed by atoms with Gasteiger partial charge in [-0.25, -0.2) is 0 Å². The minimum Gasteiger partial charge on any atom is -0.493 e. The fourth-order valence-corrected chi connectivity index (χ4v) is 4.22. The van der Waals surface area contributed by atoms with Gasteiger partial charge in [-0.1, -0.05) is 18.2 Å². The summed E-state index contributed by atoms with van der Waals surface area (Å²) in [6.45, 7) is 9.89. The second-order valence-electron chi connectivity index (χ2n) is 8.00. The number of aryl methyl sites for hydroxylation is 1. The van der Waals surface area contributed by atoms with Crippen LogP contribution in [0, 0.1) is 6.92 Å². The Morgan fingerprint density at radius 1 is 1.20 bits per heavy atom. The van der Waals surface area contributed by atoms with Crippen LogP contribution in [0.3, 0.4) is 0 Å². The molecule has 0 saturated carbocycles. The Hall–Kier alpha value is -2.95. The Bertz CT molecular complexity index is 945. The molecule has 2 aromatic rings. The van der Waals surface area contributed by atoms with E-state index in [-0.39, 0.29) is 12.0 Å². The molecule has 30 heavy (non-hydrogen) atoms. The van der Waals surface area contributed by atoms with Crippen LogP contribution in [0.1, 0.15) is 30.5 Å². The molecule has 2 aliphatic rings. The van der Waals surface area contributed by atoms with E-state index in [1.54, 1.807) is 6.08 Å². The van der Waals surface area contributed by atoms with Crippen molar-refractivity contribution in [2.24, 2.45) is 0 Å². The fourth-order valence-electron chi connectivity index (χ4n) is 4.22. The Morgan fingerprint density at radius 3 is 2.70 bits per heavy atom. The summed E-state index contributed by atoms with van der Waals surface area (Å²) in [7, 11) is 0.